The summed E-state index contributed by atoms with van der Waals surface area (Å²) in [6.07, 6.45) is 2.68. The van der Waals surface area contributed by atoms with Crippen molar-refractivity contribution in [3.05, 3.63) is 0 Å². The number of nitrogens with two attached hydrogens (primary N) is 1. The Morgan fingerprint density at radius 3 is 2.33 bits per heavy atom. The molecule has 0 radical (unpaired) electrons. The second-order valence-electron chi connectivity index (χ2n) is 4.19. The number of nitrogens with one attached hydrogen (secondary N) is 2. The topological polar surface area (TPSA) is 125 Å². The molecule has 3 amide bonds. The van der Waals surface area contributed by atoms with Crippen LogP contribution in [0.5, 0.6) is 0 Å². The van der Waals surface area contributed by atoms with Crippen LogP contribution in [0.2, 0.25) is 0 Å². The minimum Gasteiger partial charge on any atom is -0.480 e. The average molecular weight is 258 g/mol. The first-order valence-corrected chi connectivity index (χ1v) is 5.82. The van der Waals surface area contributed by atoms with E-state index in [1.165, 1.54) is 0 Å². The lowest BCUT2D eigenvalue weighted by molar-refractivity contribution is -0.140. The molecule has 0 aromatic rings. The third-order valence-corrected chi connectivity index (χ3v) is 2.62. The number of carbonyl (C=O) groups excluding carboxylic acids is 2. The van der Waals surface area contributed by atoms with Gasteiger partial charge in [-0.2, -0.15) is 0 Å². The fourth-order valence-corrected chi connectivity index (χ4v) is 1.74. The van der Waals surface area contributed by atoms with Crippen molar-refractivity contribution >= 4 is 17.9 Å². The molecule has 0 aromatic heterocycles. The minimum absolute atomic E-state index is 0.428. The molecule has 18 heavy (non-hydrogen) atoms. The molecule has 1 heterocycles. The Bertz CT molecular complexity index is 328. The molecule has 0 aliphatic carbocycles. The summed E-state index contributed by atoms with van der Waals surface area (Å²) in [7, 11) is 0. The van der Waals surface area contributed by atoms with Gasteiger partial charge in [-0.25, -0.2) is 14.6 Å². The van der Waals surface area contributed by atoms with Gasteiger partial charge in [0.05, 0.1) is 6.42 Å². The van der Waals surface area contributed by atoms with E-state index in [0.29, 0.717) is 0 Å². The highest BCUT2D eigenvalue weighted by atomic mass is 16.4. The van der Waals surface area contributed by atoms with Gasteiger partial charge in [-0.1, -0.05) is 6.42 Å². The van der Waals surface area contributed by atoms with E-state index in [0.717, 1.165) is 32.4 Å². The second kappa shape index (κ2) is 6.80. The molecule has 5 N–H and O–H groups in total. The van der Waals surface area contributed by atoms with Gasteiger partial charge in [-0.05, 0) is 12.8 Å². The first-order chi connectivity index (χ1) is 8.49. The zero-order valence-corrected chi connectivity index (χ0v) is 10.0. The van der Waals surface area contributed by atoms with Crippen molar-refractivity contribution in [2.45, 2.75) is 31.7 Å². The molecule has 8 heteroatoms. The molecule has 1 aliphatic heterocycles. The minimum atomic E-state index is -1.30. The fraction of sp³-hybridized carbons (Fsp3) is 0.700. The van der Waals surface area contributed by atoms with E-state index in [2.05, 4.69) is 10.7 Å². The highest BCUT2D eigenvalue weighted by molar-refractivity contribution is 5.87. The molecule has 1 fully saturated rings. The van der Waals surface area contributed by atoms with Crippen LogP contribution in [0.4, 0.5) is 4.79 Å². The van der Waals surface area contributed by atoms with E-state index in [-0.39, 0.29) is 0 Å². The maximum Gasteiger partial charge on any atom is 0.330 e. The van der Waals surface area contributed by atoms with Crippen molar-refractivity contribution in [2.75, 3.05) is 13.1 Å². The number of hydrogen-bond acceptors (Lipinski definition) is 4. The van der Waals surface area contributed by atoms with Gasteiger partial charge in [0.1, 0.15) is 6.04 Å². The average Bonchev–Trinajstić information content (AvgIpc) is 2.28. The number of rotatable bonds is 5. The highest BCUT2D eigenvalue weighted by Gasteiger charge is 2.23. The lowest BCUT2D eigenvalue weighted by Gasteiger charge is -2.27. The summed E-state index contributed by atoms with van der Waals surface area (Å²) in [5, 5.41) is 12.7. The molecule has 8 nitrogen and oxygen atoms in total. The quantitative estimate of drug-likeness (QED) is 0.504. The molecule has 1 saturated heterocycles. The number of hydrogen-bond donors (Lipinski definition) is 4. The molecule has 0 aromatic carbocycles. The van der Waals surface area contributed by atoms with Crippen LogP contribution in [0.25, 0.3) is 0 Å². The molecular formula is C10H18N4O4. The summed E-state index contributed by atoms with van der Waals surface area (Å²) in [5.41, 5.74) is 7.45. The maximum absolute atomic E-state index is 11.5. The standard InChI is InChI=1S/C10H18N4O4/c11-8(15)6-7(9(16)17)12-10(18)13-14-4-2-1-3-5-14/h7H,1-6H2,(H2,11,15)(H,16,17)(H2,12,13,18). The van der Waals surface area contributed by atoms with E-state index in [9.17, 15) is 14.4 Å². The Hall–Kier alpha value is -1.83. The van der Waals surface area contributed by atoms with Crippen molar-refractivity contribution in [1.29, 1.82) is 0 Å². The van der Waals surface area contributed by atoms with Gasteiger partial charge in [0.15, 0.2) is 0 Å². The molecule has 0 bridgehead atoms. The normalized spacial score (nSPS) is 17.8. The van der Waals surface area contributed by atoms with Crippen LogP contribution >= 0.6 is 0 Å². The number of nitrogens with zero attached hydrogens (tertiary/aromatic N) is 1. The Labute approximate surface area is 104 Å². The Balaban J connectivity index is 2.40. The van der Waals surface area contributed by atoms with Gasteiger partial charge in [0, 0.05) is 13.1 Å². The van der Waals surface area contributed by atoms with Crippen molar-refractivity contribution in [3.63, 3.8) is 0 Å². The lowest BCUT2D eigenvalue weighted by Crippen LogP contribution is -2.53. The van der Waals surface area contributed by atoms with Crippen molar-refractivity contribution in [1.82, 2.24) is 15.8 Å². The SMILES string of the molecule is NC(=O)CC(NC(=O)NN1CCCCC1)C(=O)O. The molecule has 0 spiro atoms. The van der Waals surface area contributed by atoms with Crippen LogP contribution in [-0.4, -0.2) is 47.2 Å². The summed E-state index contributed by atoms with van der Waals surface area (Å²) in [5.74, 6) is -2.07. The third kappa shape index (κ3) is 5.00. The van der Waals surface area contributed by atoms with Gasteiger partial charge in [-0.3, -0.25) is 10.2 Å². The highest BCUT2D eigenvalue weighted by Crippen LogP contribution is 2.05. The van der Waals surface area contributed by atoms with E-state index < -0.39 is 30.4 Å². The lowest BCUT2D eigenvalue weighted by atomic mass is 10.2. The Kier molecular flexibility index (Phi) is 5.37. The van der Waals surface area contributed by atoms with Crippen LogP contribution in [0.3, 0.4) is 0 Å². The number of primary amides is 1. The summed E-state index contributed by atoms with van der Waals surface area (Å²) in [6.45, 7) is 1.47. The van der Waals surface area contributed by atoms with Gasteiger partial charge in [0.25, 0.3) is 0 Å². The van der Waals surface area contributed by atoms with Gasteiger partial charge in [-0.15, -0.1) is 0 Å². The van der Waals surface area contributed by atoms with Crippen LogP contribution < -0.4 is 16.5 Å². The number of carboxylic acids is 1. The van der Waals surface area contributed by atoms with Crippen LogP contribution in [-0.2, 0) is 9.59 Å². The maximum atomic E-state index is 11.5. The number of piperidine rings is 1. The fourth-order valence-electron chi connectivity index (χ4n) is 1.74. The van der Waals surface area contributed by atoms with Crippen LogP contribution in [0, 0.1) is 0 Å². The Morgan fingerprint density at radius 1 is 1.22 bits per heavy atom. The van der Waals surface area contributed by atoms with E-state index in [1.807, 2.05) is 0 Å². The molecule has 1 unspecified atom stereocenters. The zero-order valence-electron chi connectivity index (χ0n) is 10.0. The summed E-state index contributed by atoms with van der Waals surface area (Å²) < 4.78 is 0. The zero-order chi connectivity index (χ0) is 13.5. The molecule has 1 atom stereocenters. The molecule has 1 rings (SSSR count). The number of hydrazine groups is 1. The van der Waals surface area contributed by atoms with E-state index in [1.54, 1.807) is 5.01 Å². The molecule has 102 valence electrons. The Morgan fingerprint density at radius 2 is 1.83 bits per heavy atom. The van der Waals surface area contributed by atoms with Crippen molar-refractivity contribution in [2.24, 2.45) is 5.73 Å². The molecule has 1 aliphatic rings. The first kappa shape index (κ1) is 14.2. The summed E-state index contributed by atoms with van der Waals surface area (Å²) in [6, 6.07) is -1.93. The summed E-state index contributed by atoms with van der Waals surface area (Å²) >= 11 is 0. The van der Waals surface area contributed by atoms with E-state index in [4.69, 9.17) is 10.8 Å². The van der Waals surface area contributed by atoms with Crippen LogP contribution in [0.15, 0.2) is 0 Å². The summed E-state index contributed by atoms with van der Waals surface area (Å²) in [4.78, 5) is 33.0. The number of urea groups is 1. The van der Waals surface area contributed by atoms with Gasteiger partial charge < -0.3 is 16.2 Å². The predicted octanol–water partition coefficient (Wildman–Crippen LogP) is -0.985. The first-order valence-electron chi connectivity index (χ1n) is 5.82. The predicted molar refractivity (Wildman–Crippen MR) is 62.3 cm³/mol. The molecule has 0 saturated carbocycles. The second-order valence-corrected chi connectivity index (χ2v) is 4.19. The largest absolute Gasteiger partial charge is 0.480 e. The van der Waals surface area contributed by atoms with Gasteiger partial charge >= 0.3 is 12.0 Å². The monoisotopic (exact) mass is 258 g/mol. The third-order valence-electron chi connectivity index (χ3n) is 2.62. The van der Waals surface area contributed by atoms with Crippen molar-refractivity contribution < 1.29 is 19.5 Å². The number of amides is 3. The van der Waals surface area contributed by atoms with Crippen molar-refractivity contribution in [3.8, 4) is 0 Å². The number of carboxylic acid groups (broad SMARTS) is 1. The van der Waals surface area contributed by atoms with E-state index >= 15 is 0 Å². The molecular weight excluding hydrogens is 240 g/mol. The number of carbonyl (C=O) groups is 3. The smallest absolute Gasteiger partial charge is 0.330 e. The van der Waals surface area contributed by atoms with Gasteiger partial charge in [0.2, 0.25) is 5.91 Å². The van der Waals surface area contributed by atoms with Crippen LogP contribution in [0.1, 0.15) is 25.7 Å². The number of aliphatic carboxylic acids is 1.